The molecule has 0 atom stereocenters. The smallest absolute Gasteiger partial charge is 0.267 e. The molecule has 0 saturated carbocycles. The number of amides is 1. The molecule has 0 aliphatic heterocycles. The van der Waals surface area contributed by atoms with Crippen LogP contribution >= 0.6 is 15.9 Å². The molecule has 84 valence electrons. The number of rotatable bonds is 2. The van der Waals surface area contributed by atoms with Crippen molar-refractivity contribution in [2.75, 3.05) is 6.54 Å². The second-order valence-corrected chi connectivity index (χ2v) is 4.25. The summed E-state index contributed by atoms with van der Waals surface area (Å²) in [5.74, 6) is -0.521. The number of hydrogen-bond donors (Lipinski definition) is 2. The zero-order valence-corrected chi connectivity index (χ0v) is 10.2. The van der Waals surface area contributed by atoms with E-state index in [1.165, 1.54) is 12.1 Å². The predicted octanol–water partition coefficient (Wildman–Crippen LogP) is 2.82. The van der Waals surface area contributed by atoms with Gasteiger partial charge in [0.1, 0.15) is 11.5 Å². The highest BCUT2D eigenvalue weighted by Crippen LogP contribution is 2.25. The summed E-state index contributed by atoms with van der Waals surface area (Å²) >= 11 is 3.25. The van der Waals surface area contributed by atoms with E-state index in [1.54, 1.807) is 6.07 Å². The summed E-state index contributed by atoms with van der Waals surface area (Å²) in [5, 5.41) is 3.35. The zero-order chi connectivity index (χ0) is 11.7. The summed E-state index contributed by atoms with van der Waals surface area (Å²) < 4.78 is 13.7. The van der Waals surface area contributed by atoms with E-state index in [2.05, 4.69) is 26.2 Å². The molecule has 0 bridgehead atoms. The van der Waals surface area contributed by atoms with Crippen molar-refractivity contribution in [2.45, 2.75) is 6.92 Å². The number of hydrogen-bond acceptors (Lipinski definition) is 1. The van der Waals surface area contributed by atoms with Gasteiger partial charge in [-0.3, -0.25) is 4.79 Å². The van der Waals surface area contributed by atoms with Crippen LogP contribution < -0.4 is 5.32 Å². The molecular formula is C11H10BrFN2O. The lowest BCUT2D eigenvalue weighted by atomic mass is 10.2. The van der Waals surface area contributed by atoms with E-state index in [4.69, 9.17) is 0 Å². The van der Waals surface area contributed by atoms with Crippen molar-refractivity contribution in [1.82, 2.24) is 10.3 Å². The first-order chi connectivity index (χ1) is 7.61. The molecule has 1 heterocycles. The summed E-state index contributed by atoms with van der Waals surface area (Å²) in [7, 11) is 0. The van der Waals surface area contributed by atoms with Gasteiger partial charge in [0.2, 0.25) is 0 Å². The minimum atomic E-state index is -0.333. The molecule has 16 heavy (non-hydrogen) atoms. The third-order valence-corrected chi connectivity index (χ3v) is 2.85. The molecule has 1 aromatic carbocycles. The molecule has 1 aromatic heterocycles. The summed E-state index contributed by atoms with van der Waals surface area (Å²) in [5.41, 5.74) is 1.16. The maximum Gasteiger partial charge on any atom is 0.267 e. The Morgan fingerprint density at radius 3 is 2.94 bits per heavy atom. The van der Waals surface area contributed by atoms with Gasteiger partial charge in [-0.1, -0.05) is 0 Å². The monoisotopic (exact) mass is 284 g/mol. The number of benzene rings is 1. The fourth-order valence-electron chi connectivity index (χ4n) is 1.54. The van der Waals surface area contributed by atoms with E-state index >= 15 is 0 Å². The van der Waals surface area contributed by atoms with Crippen LogP contribution in [0.2, 0.25) is 0 Å². The first-order valence-electron chi connectivity index (χ1n) is 4.87. The summed E-state index contributed by atoms with van der Waals surface area (Å²) in [6.07, 6.45) is 0. The van der Waals surface area contributed by atoms with Crippen molar-refractivity contribution in [3.8, 4) is 0 Å². The van der Waals surface area contributed by atoms with E-state index < -0.39 is 0 Å². The van der Waals surface area contributed by atoms with Crippen LogP contribution in [0.15, 0.2) is 22.7 Å². The molecule has 0 unspecified atom stereocenters. The SMILES string of the molecule is CCNC(=O)c1cc2cc(F)cc(Br)c2[nH]1. The van der Waals surface area contributed by atoms with Crippen molar-refractivity contribution < 1.29 is 9.18 Å². The van der Waals surface area contributed by atoms with E-state index in [0.717, 1.165) is 5.52 Å². The Morgan fingerprint density at radius 2 is 2.25 bits per heavy atom. The Labute approximate surface area is 100 Å². The molecule has 3 nitrogen and oxygen atoms in total. The lowest BCUT2D eigenvalue weighted by molar-refractivity contribution is 0.0951. The third-order valence-electron chi connectivity index (χ3n) is 2.23. The Kier molecular flexibility index (Phi) is 2.96. The Morgan fingerprint density at radius 1 is 1.50 bits per heavy atom. The number of carbonyl (C=O) groups excluding carboxylic acids is 1. The van der Waals surface area contributed by atoms with E-state index in [0.29, 0.717) is 22.1 Å². The van der Waals surface area contributed by atoms with Crippen LogP contribution in [-0.2, 0) is 0 Å². The normalized spacial score (nSPS) is 10.7. The number of aromatic amines is 1. The van der Waals surface area contributed by atoms with Crippen LogP contribution in [0.25, 0.3) is 10.9 Å². The lowest BCUT2D eigenvalue weighted by Crippen LogP contribution is -2.22. The van der Waals surface area contributed by atoms with Gasteiger partial charge < -0.3 is 10.3 Å². The van der Waals surface area contributed by atoms with Crippen LogP contribution in [0, 0.1) is 5.82 Å². The zero-order valence-electron chi connectivity index (χ0n) is 8.60. The van der Waals surface area contributed by atoms with Gasteiger partial charge in [0.25, 0.3) is 5.91 Å². The van der Waals surface area contributed by atoms with Crippen molar-refractivity contribution >= 4 is 32.7 Å². The molecule has 0 aliphatic rings. The second-order valence-electron chi connectivity index (χ2n) is 3.39. The van der Waals surface area contributed by atoms with Crippen molar-refractivity contribution in [1.29, 1.82) is 0 Å². The Bertz CT molecular complexity index is 550. The average Bonchev–Trinajstić information content (AvgIpc) is 2.62. The molecule has 0 spiro atoms. The van der Waals surface area contributed by atoms with Crippen LogP contribution in [0.5, 0.6) is 0 Å². The number of aromatic nitrogens is 1. The van der Waals surface area contributed by atoms with Gasteiger partial charge in [-0.2, -0.15) is 0 Å². The number of nitrogens with one attached hydrogen (secondary N) is 2. The van der Waals surface area contributed by atoms with E-state index in [1.807, 2.05) is 6.92 Å². The maximum atomic E-state index is 13.1. The molecule has 0 radical (unpaired) electrons. The maximum absolute atomic E-state index is 13.1. The predicted molar refractivity (Wildman–Crippen MR) is 64.0 cm³/mol. The fourth-order valence-corrected chi connectivity index (χ4v) is 2.09. The molecule has 2 N–H and O–H groups in total. The van der Waals surface area contributed by atoms with Crippen LogP contribution in [0.1, 0.15) is 17.4 Å². The van der Waals surface area contributed by atoms with Gasteiger partial charge in [-0.15, -0.1) is 0 Å². The average molecular weight is 285 g/mol. The van der Waals surface area contributed by atoms with Gasteiger partial charge in [0.15, 0.2) is 0 Å². The Hall–Kier alpha value is -1.36. The lowest BCUT2D eigenvalue weighted by Gasteiger charge is -1.97. The van der Waals surface area contributed by atoms with E-state index in [9.17, 15) is 9.18 Å². The molecular weight excluding hydrogens is 275 g/mol. The van der Waals surface area contributed by atoms with Crippen LogP contribution in [0.4, 0.5) is 4.39 Å². The van der Waals surface area contributed by atoms with Crippen molar-refractivity contribution in [2.24, 2.45) is 0 Å². The summed E-state index contributed by atoms with van der Waals surface area (Å²) in [6, 6.07) is 4.38. The van der Waals surface area contributed by atoms with Gasteiger partial charge in [0.05, 0.1) is 5.52 Å². The van der Waals surface area contributed by atoms with Gasteiger partial charge >= 0.3 is 0 Å². The molecule has 5 heteroatoms. The molecule has 1 amide bonds. The van der Waals surface area contributed by atoms with E-state index in [-0.39, 0.29) is 11.7 Å². The van der Waals surface area contributed by atoms with Gasteiger partial charge in [-0.05, 0) is 41.1 Å². The molecule has 2 rings (SSSR count). The highest BCUT2D eigenvalue weighted by Gasteiger charge is 2.11. The number of carbonyl (C=O) groups is 1. The minimum Gasteiger partial charge on any atom is -0.351 e. The second kappa shape index (κ2) is 4.25. The van der Waals surface area contributed by atoms with Crippen molar-refractivity contribution in [3.63, 3.8) is 0 Å². The first-order valence-corrected chi connectivity index (χ1v) is 5.67. The van der Waals surface area contributed by atoms with Crippen molar-refractivity contribution in [3.05, 3.63) is 34.2 Å². The first kappa shape index (κ1) is 11.1. The largest absolute Gasteiger partial charge is 0.351 e. The molecule has 0 aliphatic carbocycles. The standard InChI is InChI=1S/C11H10BrFN2O/c1-2-14-11(16)9-4-6-3-7(13)5-8(12)10(6)15-9/h3-5,15H,2H2,1H3,(H,14,16). The number of halogens is 2. The Balaban J connectivity index is 2.51. The van der Waals surface area contributed by atoms with Gasteiger partial charge in [0, 0.05) is 16.4 Å². The fraction of sp³-hybridized carbons (Fsp3) is 0.182. The summed E-state index contributed by atoms with van der Waals surface area (Å²) in [6.45, 7) is 2.40. The molecule has 2 aromatic rings. The number of fused-ring (bicyclic) bond motifs is 1. The van der Waals surface area contributed by atoms with Crippen LogP contribution in [-0.4, -0.2) is 17.4 Å². The van der Waals surface area contributed by atoms with Gasteiger partial charge in [-0.25, -0.2) is 4.39 Å². The van der Waals surface area contributed by atoms with Crippen LogP contribution in [0.3, 0.4) is 0 Å². The quantitative estimate of drug-likeness (QED) is 0.875. The topological polar surface area (TPSA) is 44.9 Å². The highest BCUT2D eigenvalue weighted by atomic mass is 79.9. The molecule has 0 fully saturated rings. The molecule has 0 saturated heterocycles. The number of H-pyrrole nitrogens is 1. The third kappa shape index (κ3) is 1.95. The minimum absolute atomic E-state index is 0.189. The summed E-state index contributed by atoms with van der Waals surface area (Å²) in [4.78, 5) is 14.5. The highest BCUT2D eigenvalue weighted by molar-refractivity contribution is 9.10.